The van der Waals surface area contributed by atoms with Gasteiger partial charge in [-0.25, -0.2) is 0 Å². The molecule has 90 valence electrons. The third kappa shape index (κ3) is 4.61. The average Bonchev–Trinajstić information content (AvgIpc) is 2.23. The normalized spacial score (nSPS) is 10.6. The molecule has 0 radical (unpaired) electrons. The van der Waals surface area contributed by atoms with Crippen molar-refractivity contribution in [3.63, 3.8) is 0 Å². The predicted molar refractivity (Wildman–Crippen MR) is 61.0 cm³/mol. The molecule has 0 unspecified atom stereocenters. The Morgan fingerprint density at radius 2 is 1.88 bits per heavy atom. The molecule has 0 N–H and O–H groups in total. The minimum atomic E-state index is 0.0747. The van der Waals surface area contributed by atoms with Crippen LogP contribution < -0.4 is 9.47 Å². The topological polar surface area (TPSA) is 57.1 Å². The molecule has 0 bridgehead atoms. The Morgan fingerprint density at radius 3 is 2.50 bits per heavy atom. The highest BCUT2D eigenvalue weighted by Gasteiger charge is 2.05. The number of hydrogen-bond donors (Lipinski definition) is 0. The van der Waals surface area contributed by atoms with Crippen LogP contribution in [-0.2, 0) is 0 Å². The van der Waals surface area contributed by atoms with E-state index in [-0.39, 0.29) is 17.3 Å². The van der Waals surface area contributed by atoms with Crippen molar-refractivity contribution >= 4 is 11.6 Å². The number of ether oxygens (including phenoxy) is 2. The molecule has 0 aliphatic rings. The first-order chi connectivity index (χ1) is 7.61. The van der Waals surface area contributed by atoms with Gasteiger partial charge in [0.05, 0.1) is 13.7 Å². The van der Waals surface area contributed by atoms with Crippen LogP contribution in [0.3, 0.4) is 0 Å². The molecular weight excluding hydrogens is 230 g/mol. The van der Waals surface area contributed by atoms with Crippen LogP contribution in [0.1, 0.15) is 26.7 Å². The number of halogens is 1. The zero-order valence-corrected chi connectivity index (χ0v) is 10.5. The predicted octanol–water partition coefficient (Wildman–Crippen LogP) is 2.35. The number of nitrogens with zero attached hydrogens (tertiary/aromatic N) is 3. The summed E-state index contributed by atoms with van der Waals surface area (Å²) in [5.74, 6) is 0.667. The molecule has 1 aromatic rings. The minimum Gasteiger partial charge on any atom is -0.467 e. The van der Waals surface area contributed by atoms with E-state index in [0.717, 1.165) is 12.8 Å². The van der Waals surface area contributed by atoms with E-state index in [2.05, 4.69) is 28.8 Å². The maximum absolute atomic E-state index is 5.67. The van der Waals surface area contributed by atoms with Gasteiger partial charge in [0.25, 0.3) is 0 Å². The lowest BCUT2D eigenvalue weighted by molar-refractivity contribution is 0.267. The van der Waals surface area contributed by atoms with Gasteiger partial charge in [0.1, 0.15) is 0 Å². The summed E-state index contributed by atoms with van der Waals surface area (Å²) in [5.41, 5.74) is 0. The van der Waals surface area contributed by atoms with Gasteiger partial charge in [-0.3, -0.25) is 0 Å². The average molecular weight is 246 g/mol. The number of methoxy groups -OCH3 is 1. The zero-order valence-electron chi connectivity index (χ0n) is 9.73. The smallest absolute Gasteiger partial charge is 0.323 e. The number of rotatable bonds is 6. The second-order valence-electron chi connectivity index (χ2n) is 3.76. The van der Waals surface area contributed by atoms with Crippen LogP contribution in [0, 0.1) is 5.92 Å². The molecule has 6 heteroatoms. The summed E-state index contributed by atoms with van der Waals surface area (Å²) in [6.07, 6.45) is 2.07. The Hall–Kier alpha value is -1.10. The van der Waals surface area contributed by atoms with Crippen LogP contribution in [0.15, 0.2) is 0 Å². The fourth-order valence-electron chi connectivity index (χ4n) is 1.13. The van der Waals surface area contributed by atoms with Gasteiger partial charge in [-0.05, 0) is 30.4 Å². The van der Waals surface area contributed by atoms with Crippen LogP contribution in [0.25, 0.3) is 0 Å². The Kier molecular flexibility index (Phi) is 5.25. The van der Waals surface area contributed by atoms with Crippen molar-refractivity contribution in [3.8, 4) is 12.0 Å². The summed E-state index contributed by atoms with van der Waals surface area (Å²) in [6, 6.07) is 0.375. The Balaban J connectivity index is 2.44. The Labute approximate surface area is 100 Å². The van der Waals surface area contributed by atoms with Crippen LogP contribution in [0.4, 0.5) is 0 Å². The van der Waals surface area contributed by atoms with E-state index < -0.39 is 0 Å². The van der Waals surface area contributed by atoms with Crippen LogP contribution in [-0.4, -0.2) is 28.7 Å². The van der Waals surface area contributed by atoms with Crippen molar-refractivity contribution in [2.45, 2.75) is 26.7 Å². The van der Waals surface area contributed by atoms with E-state index in [0.29, 0.717) is 12.5 Å². The molecule has 0 atom stereocenters. The van der Waals surface area contributed by atoms with Gasteiger partial charge in [0.2, 0.25) is 5.28 Å². The molecule has 0 spiro atoms. The second kappa shape index (κ2) is 6.48. The van der Waals surface area contributed by atoms with Gasteiger partial charge in [0, 0.05) is 0 Å². The summed E-state index contributed by atoms with van der Waals surface area (Å²) < 4.78 is 10.2. The molecule has 0 aromatic carbocycles. The summed E-state index contributed by atoms with van der Waals surface area (Å²) in [4.78, 5) is 11.5. The van der Waals surface area contributed by atoms with E-state index >= 15 is 0 Å². The molecule has 1 rings (SSSR count). The maximum atomic E-state index is 5.67. The third-order valence-corrected chi connectivity index (χ3v) is 2.08. The minimum absolute atomic E-state index is 0.0747. The van der Waals surface area contributed by atoms with Gasteiger partial charge in [-0.2, -0.15) is 9.97 Å². The van der Waals surface area contributed by atoms with E-state index in [1.54, 1.807) is 0 Å². The highest BCUT2D eigenvalue weighted by Crippen LogP contribution is 2.13. The van der Waals surface area contributed by atoms with Crippen LogP contribution in [0.5, 0.6) is 12.0 Å². The molecule has 16 heavy (non-hydrogen) atoms. The summed E-state index contributed by atoms with van der Waals surface area (Å²) in [6.45, 7) is 4.91. The van der Waals surface area contributed by atoms with Crippen molar-refractivity contribution in [1.29, 1.82) is 0 Å². The molecule has 0 saturated heterocycles. The Morgan fingerprint density at radius 1 is 1.19 bits per heavy atom. The summed E-state index contributed by atoms with van der Waals surface area (Å²) in [5, 5.41) is 0.0747. The molecule has 1 heterocycles. The van der Waals surface area contributed by atoms with Gasteiger partial charge in [-0.1, -0.05) is 13.8 Å². The Bertz CT molecular complexity index is 334. The lowest BCUT2D eigenvalue weighted by Crippen LogP contribution is -2.04. The largest absolute Gasteiger partial charge is 0.467 e. The molecule has 5 nitrogen and oxygen atoms in total. The highest BCUT2D eigenvalue weighted by atomic mass is 35.5. The highest BCUT2D eigenvalue weighted by molar-refractivity contribution is 6.28. The molecule has 0 saturated carbocycles. The first-order valence-electron chi connectivity index (χ1n) is 5.20. The van der Waals surface area contributed by atoms with E-state index in [1.807, 2.05) is 0 Å². The quantitative estimate of drug-likeness (QED) is 0.720. The zero-order chi connectivity index (χ0) is 12.0. The lowest BCUT2D eigenvalue weighted by atomic mass is 10.1. The molecule has 0 fully saturated rings. The monoisotopic (exact) mass is 245 g/mol. The van der Waals surface area contributed by atoms with Crippen molar-refractivity contribution in [2.75, 3.05) is 13.7 Å². The lowest BCUT2D eigenvalue weighted by Gasteiger charge is -2.06. The van der Waals surface area contributed by atoms with Gasteiger partial charge >= 0.3 is 12.0 Å². The van der Waals surface area contributed by atoms with E-state index in [4.69, 9.17) is 21.1 Å². The second-order valence-corrected chi connectivity index (χ2v) is 4.10. The fourth-order valence-corrected chi connectivity index (χ4v) is 1.27. The number of hydrogen-bond acceptors (Lipinski definition) is 5. The standard InChI is InChI=1S/C10H16ClN3O2/c1-7(2)5-4-6-16-10-13-8(11)12-9(14-10)15-3/h7H,4-6H2,1-3H3. The summed E-state index contributed by atoms with van der Waals surface area (Å²) >= 11 is 5.67. The molecule has 0 aliphatic carbocycles. The van der Waals surface area contributed by atoms with Crippen molar-refractivity contribution < 1.29 is 9.47 Å². The van der Waals surface area contributed by atoms with Crippen LogP contribution in [0.2, 0.25) is 5.28 Å². The van der Waals surface area contributed by atoms with Crippen molar-refractivity contribution in [1.82, 2.24) is 15.0 Å². The van der Waals surface area contributed by atoms with Crippen LogP contribution >= 0.6 is 11.6 Å². The SMILES string of the molecule is COc1nc(Cl)nc(OCCCC(C)C)n1. The fraction of sp³-hybridized carbons (Fsp3) is 0.700. The van der Waals surface area contributed by atoms with Gasteiger partial charge in [-0.15, -0.1) is 4.98 Å². The van der Waals surface area contributed by atoms with Crippen molar-refractivity contribution in [3.05, 3.63) is 5.28 Å². The van der Waals surface area contributed by atoms with Crippen molar-refractivity contribution in [2.24, 2.45) is 5.92 Å². The summed E-state index contributed by atoms with van der Waals surface area (Å²) in [7, 11) is 1.47. The van der Waals surface area contributed by atoms with Gasteiger partial charge < -0.3 is 9.47 Å². The van der Waals surface area contributed by atoms with E-state index in [1.165, 1.54) is 7.11 Å². The molecular formula is C10H16ClN3O2. The van der Waals surface area contributed by atoms with Gasteiger partial charge in [0.15, 0.2) is 0 Å². The number of aromatic nitrogens is 3. The third-order valence-electron chi connectivity index (χ3n) is 1.91. The maximum Gasteiger partial charge on any atom is 0.323 e. The van der Waals surface area contributed by atoms with E-state index in [9.17, 15) is 0 Å². The first kappa shape index (κ1) is 13.0. The molecule has 0 amide bonds. The molecule has 0 aliphatic heterocycles. The molecule has 1 aromatic heterocycles. The first-order valence-corrected chi connectivity index (χ1v) is 5.58.